The molecule has 1 aliphatic rings. The number of amides is 1. The topological polar surface area (TPSA) is 59.5 Å². The van der Waals surface area contributed by atoms with Gasteiger partial charge in [0.15, 0.2) is 0 Å². The summed E-state index contributed by atoms with van der Waals surface area (Å²) in [5, 5.41) is 0.134. The molecule has 4 nitrogen and oxygen atoms in total. The van der Waals surface area contributed by atoms with Gasteiger partial charge >= 0.3 is 0 Å². The number of para-hydroxylation sites is 1. The minimum atomic E-state index is -0.129. The zero-order valence-electron chi connectivity index (χ0n) is 10.9. The molecule has 104 valence electrons. The molecule has 5 heteroatoms. The minimum Gasteiger partial charge on any atom is -0.452 e. The number of carbonyl (C=O) groups excluding carboxylic acids is 1. The highest BCUT2D eigenvalue weighted by atomic mass is 35.5. The number of rotatable bonds is 3. The quantitative estimate of drug-likeness (QED) is 0.945. The van der Waals surface area contributed by atoms with Crippen molar-refractivity contribution in [3.8, 4) is 0 Å². The molecule has 3 rings (SSSR count). The summed E-state index contributed by atoms with van der Waals surface area (Å²) in [6.07, 6.45) is 2.29. The fourth-order valence-corrected chi connectivity index (χ4v) is 2.92. The molecule has 1 aliphatic heterocycles. The van der Waals surface area contributed by atoms with E-state index < -0.39 is 0 Å². The van der Waals surface area contributed by atoms with Crippen molar-refractivity contribution in [1.82, 2.24) is 0 Å². The van der Waals surface area contributed by atoms with Crippen LogP contribution in [0.15, 0.2) is 41.0 Å². The minimum absolute atomic E-state index is 0.129. The number of halogens is 1. The second kappa shape index (κ2) is 5.31. The summed E-state index contributed by atoms with van der Waals surface area (Å²) in [5.41, 5.74) is 8.17. The molecule has 1 unspecified atom stereocenters. The number of anilines is 1. The Kier molecular flexibility index (Phi) is 3.51. The summed E-state index contributed by atoms with van der Waals surface area (Å²) in [6, 6.07) is 9.53. The first-order valence-electron chi connectivity index (χ1n) is 6.56. The molecule has 1 atom stereocenters. The number of fused-ring (bicyclic) bond motifs is 1. The largest absolute Gasteiger partial charge is 0.452 e. The lowest BCUT2D eigenvalue weighted by Gasteiger charge is -2.17. The van der Waals surface area contributed by atoms with Gasteiger partial charge in [0.25, 0.3) is 5.91 Å². The van der Waals surface area contributed by atoms with E-state index in [-0.39, 0.29) is 17.0 Å². The van der Waals surface area contributed by atoms with Crippen LogP contribution >= 0.6 is 11.6 Å². The van der Waals surface area contributed by atoms with Crippen molar-refractivity contribution in [3.05, 3.63) is 52.9 Å². The Bertz CT molecular complexity index is 638. The third-order valence-electron chi connectivity index (χ3n) is 3.68. The Labute approximate surface area is 122 Å². The van der Waals surface area contributed by atoms with Gasteiger partial charge in [0.1, 0.15) is 0 Å². The fourth-order valence-electron chi connectivity index (χ4n) is 2.73. The number of furan rings is 1. The fraction of sp³-hybridized carbons (Fsp3) is 0.267. The van der Waals surface area contributed by atoms with E-state index in [4.69, 9.17) is 21.8 Å². The summed E-state index contributed by atoms with van der Waals surface area (Å²) < 4.78 is 5.01. The molecule has 0 aliphatic carbocycles. The molecular weight excluding hydrogens is 276 g/mol. The van der Waals surface area contributed by atoms with E-state index in [1.54, 1.807) is 11.0 Å². The summed E-state index contributed by atoms with van der Waals surface area (Å²) in [5.74, 6) is 0.154. The number of nitrogens with two attached hydrogens (primary N) is 1. The zero-order valence-corrected chi connectivity index (χ0v) is 11.6. The van der Waals surface area contributed by atoms with Gasteiger partial charge in [-0.25, -0.2) is 0 Å². The molecule has 0 bridgehead atoms. The third-order valence-corrected chi connectivity index (χ3v) is 3.97. The Hall–Kier alpha value is -1.78. The van der Waals surface area contributed by atoms with Crippen molar-refractivity contribution >= 4 is 23.2 Å². The monoisotopic (exact) mass is 290 g/mol. The van der Waals surface area contributed by atoms with Gasteiger partial charge in [-0.1, -0.05) is 18.2 Å². The second-order valence-electron chi connectivity index (χ2n) is 4.86. The Morgan fingerprint density at radius 1 is 1.40 bits per heavy atom. The molecule has 0 fully saturated rings. The van der Waals surface area contributed by atoms with Crippen LogP contribution in [0.5, 0.6) is 0 Å². The molecule has 1 amide bonds. The van der Waals surface area contributed by atoms with Crippen LogP contribution in [-0.2, 0) is 0 Å². The van der Waals surface area contributed by atoms with Crippen molar-refractivity contribution in [1.29, 1.82) is 0 Å². The van der Waals surface area contributed by atoms with Gasteiger partial charge in [0.2, 0.25) is 5.22 Å². The third kappa shape index (κ3) is 2.11. The molecular formula is C15H15ClN2O2. The molecule has 0 saturated carbocycles. The highest BCUT2D eigenvalue weighted by molar-refractivity contribution is 6.33. The van der Waals surface area contributed by atoms with Crippen LogP contribution in [0.4, 0.5) is 5.69 Å². The number of hydrogen-bond acceptors (Lipinski definition) is 3. The van der Waals surface area contributed by atoms with Gasteiger partial charge in [0.05, 0.1) is 11.8 Å². The van der Waals surface area contributed by atoms with Crippen molar-refractivity contribution in [2.24, 2.45) is 5.73 Å². The van der Waals surface area contributed by atoms with Gasteiger partial charge in [-0.2, -0.15) is 0 Å². The molecule has 2 aromatic rings. The summed E-state index contributed by atoms with van der Waals surface area (Å²) >= 11 is 5.90. The lowest BCUT2D eigenvalue weighted by Crippen LogP contribution is -2.30. The maximum atomic E-state index is 12.6. The van der Waals surface area contributed by atoms with Gasteiger partial charge in [-0.15, -0.1) is 0 Å². The molecule has 1 aromatic heterocycles. The van der Waals surface area contributed by atoms with Gasteiger partial charge in [0, 0.05) is 18.2 Å². The van der Waals surface area contributed by atoms with Crippen LogP contribution < -0.4 is 10.6 Å². The molecule has 1 aromatic carbocycles. The van der Waals surface area contributed by atoms with Crippen molar-refractivity contribution in [2.45, 2.75) is 12.3 Å². The molecule has 20 heavy (non-hydrogen) atoms. The standard InChI is InChI=1S/C15H15ClN2O2/c16-14-12(6-8-20-14)15(19)18-9-10(5-7-17)11-3-1-2-4-13(11)18/h1-4,6,8,10H,5,7,9,17H2. The summed E-state index contributed by atoms with van der Waals surface area (Å²) in [6.45, 7) is 1.24. The smallest absolute Gasteiger partial charge is 0.263 e. The number of carbonyl (C=O) groups is 1. The molecule has 0 radical (unpaired) electrons. The van der Waals surface area contributed by atoms with E-state index in [1.807, 2.05) is 18.2 Å². The van der Waals surface area contributed by atoms with E-state index in [0.717, 1.165) is 12.1 Å². The molecule has 2 N–H and O–H groups in total. The first-order valence-corrected chi connectivity index (χ1v) is 6.94. The Morgan fingerprint density at radius 3 is 2.90 bits per heavy atom. The number of nitrogens with zero attached hydrogens (tertiary/aromatic N) is 1. The normalized spacial score (nSPS) is 17.3. The van der Waals surface area contributed by atoms with E-state index in [9.17, 15) is 4.79 Å². The van der Waals surface area contributed by atoms with Crippen LogP contribution in [0, 0.1) is 0 Å². The van der Waals surface area contributed by atoms with Gasteiger partial charge in [-0.3, -0.25) is 4.79 Å². The predicted octanol–water partition coefficient (Wildman–Crippen LogP) is 3.03. The second-order valence-corrected chi connectivity index (χ2v) is 5.20. The van der Waals surface area contributed by atoms with Gasteiger partial charge < -0.3 is 15.1 Å². The van der Waals surface area contributed by atoms with E-state index in [1.165, 1.54) is 11.8 Å². The van der Waals surface area contributed by atoms with E-state index >= 15 is 0 Å². The lowest BCUT2D eigenvalue weighted by molar-refractivity contribution is 0.0987. The van der Waals surface area contributed by atoms with Crippen LogP contribution in [0.2, 0.25) is 5.22 Å². The summed E-state index contributed by atoms with van der Waals surface area (Å²) in [4.78, 5) is 14.3. The Morgan fingerprint density at radius 2 is 2.20 bits per heavy atom. The average Bonchev–Trinajstić information content (AvgIpc) is 3.03. The molecule has 2 heterocycles. The first-order chi connectivity index (χ1) is 9.72. The molecule has 0 spiro atoms. The maximum Gasteiger partial charge on any atom is 0.263 e. The van der Waals surface area contributed by atoms with Crippen molar-refractivity contribution in [2.75, 3.05) is 18.0 Å². The maximum absolute atomic E-state index is 12.6. The van der Waals surface area contributed by atoms with Crippen LogP contribution in [0.3, 0.4) is 0 Å². The number of benzene rings is 1. The predicted molar refractivity (Wildman–Crippen MR) is 78.2 cm³/mol. The molecule has 0 saturated heterocycles. The van der Waals surface area contributed by atoms with E-state index in [2.05, 4.69) is 6.07 Å². The van der Waals surface area contributed by atoms with Crippen LogP contribution in [0.1, 0.15) is 28.3 Å². The van der Waals surface area contributed by atoms with Crippen molar-refractivity contribution in [3.63, 3.8) is 0 Å². The average molecular weight is 291 g/mol. The first kappa shape index (κ1) is 13.2. The van der Waals surface area contributed by atoms with Crippen LogP contribution in [-0.4, -0.2) is 19.0 Å². The summed E-state index contributed by atoms with van der Waals surface area (Å²) in [7, 11) is 0. The van der Waals surface area contributed by atoms with E-state index in [0.29, 0.717) is 18.7 Å². The van der Waals surface area contributed by atoms with Crippen molar-refractivity contribution < 1.29 is 9.21 Å². The Balaban J connectivity index is 1.96. The highest BCUT2D eigenvalue weighted by Crippen LogP contribution is 2.39. The highest BCUT2D eigenvalue weighted by Gasteiger charge is 2.33. The van der Waals surface area contributed by atoms with Crippen LogP contribution in [0.25, 0.3) is 0 Å². The van der Waals surface area contributed by atoms with Gasteiger partial charge in [-0.05, 0) is 42.3 Å². The zero-order chi connectivity index (χ0) is 14.1. The SMILES string of the molecule is NCCC1CN(C(=O)c2ccoc2Cl)c2ccccc21. The number of hydrogen-bond donors (Lipinski definition) is 1. The lowest BCUT2D eigenvalue weighted by atomic mass is 9.98.